The molecule has 2 aromatic rings. The van der Waals surface area contributed by atoms with E-state index in [-0.39, 0.29) is 30.1 Å². The summed E-state index contributed by atoms with van der Waals surface area (Å²) in [6.07, 6.45) is 1.14. The maximum atomic E-state index is 5.92. The quantitative estimate of drug-likeness (QED) is 0.305. The molecular formula is C25H35IN4O3. The Morgan fingerprint density at radius 3 is 2.48 bits per heavy atom. The summed E-state index contributed by atoms with van der Waals surface area (Å²) >= 11 is 0. The van der Waals surface area contributed by atoms with Gasteiger partial charge in [-0.3, -0.25) is 9.89 Å². The zero-order valence-corrected chi connectivity index (χ0v) is 22.1. The van der Waals surface area contributed by atoms with Gasteiger partial charge in [-0.2, -0.15) is 0 Å². The van der Waals surface area contributed by atoms with Crippen molar-refractivity contribution < 1.29 is 14.2 Å². The molecule has 2 aliphatic rings. The smallest absolute Gasteiger partial charge is 0.191 e. The lowest BCUT2D eigenvalue weighted by molar-refractivity contribution is 0.0341. The molecule has 2 aromatic carbocycles. The van der Waals surface area contributed by atoms with Crippen molar-refractivity contribution in [2.45, 2.75) is 39.1 Å². The van der Waals surface area contributed by atoms with E-state index >= 15 is 0 Å². The first-order valence-corrected chi connectivity index (χ1v) is 11.3. The van der Waals surface area contributed by atoms with E-state index in [4.69, 9.17) is 14.2 Å². The molecular weight excluding hydrogens is 531 g/mol. The molecule has 33 heavy (non-hydrogen) atoms. The molecule has 180 valence electrons. The van der Waals surface area contributed by atoms with Crippen molar-refractivity contribution in [3.63, 3.8) is 0 Å². The number of morpholine rings is 1. The molecule has 1 saturated heterocycles. The number of ether oxygens (including phenoxy) is 3. The van der Waals surface area contributed by atoms with Crippen LogP contribution in [0.4, 0.5) is 0 Å². The van der Waals surface area contributed by atoms with E-state index in [2.05, 4.69) is 63.8 Å². The molecule has 1 unspecified atom stereocenters. The molecule has 2 N–H and O–H groups in total. The molecule has 2 heterocycles. The zero-order valence-electron chi connectivity index (χ0n) is 19.7. The molecule has 1 atom stereocenters. The Morgan fingerprint density at radius 1 is 1.09 bits per heavy atom. The minimum Gasteiger partial charge on any atom is -0.496 e. The molecule has 2 aliphatic heterocycles. The third-order valence-electron chi connectivity index (χ3n) is 6.03. The zero-order chi connectivity index (χ0) is 22.3. The first-order valence-electron chi connectivity index (χ1n) is 11.3. The largest absolute Gasteiger partial charge is 0.496 e. The summed E-state index contributed by atoms with van der Waals surface area (Å²) < 4.78 is 17.0. The average molecular weight is 566 g/mol. The number of hydrogen-bond donors (Lipinski definition) is 2. The number of guanidine groups is 1. The van der Waals surface area contributed by atoms with Crippen molar-refractivity contribution in [2.75, 3.05) is 40.5 Å². The van der Waals surface area contributed by atoms with Gasteiger partial charge in [-0.15, -0.1) is 24.0 Å². The highest BCUT2D eigenvalue weighted by molar-refractivity contribution is 14.0. The second-order valence-corrected chi connectivity index (χ2v) is 8.34. The normalized spacial score (nSPS) is 18.2. The Labute approximate surface area is 213 Å². The van der Waals surface area contributed by atoms with Crippen LogP contribution in [0.2, 0.25) is 0 Å². The Hall–Kier alpha value is -2.04. The van der Waals surface area contributed by atoms with Gasteiger partial charge in [-0.05, 0) is 30.2 Å². The standard InChI is InChI=1S/C25H34N4O3.HI/c1-18-12-21-13-23(30-3)22(14-24(21)32-18)16-28-25(26-2)27-15-19-6-4-5-7-20(19)17-29-8-10-31-11-9-29;/h4-7,13-14,18H,8-12,15-17H2,1-3H3,(H2,26,27,28);1H. The van der Waals surface area contributed by atoms with Crippen molar-refractivity contribution in [1.29, 1.82) is 0 Å². The summed E-state index contributed by atoms with van der Waals surface area (Å²) in [6, 6.07) is 12.8. The van der Waals surface area contributed by atoms with Crippen LogP contribution in [0, 0.1) is 0 Å². The minimum atomic E-state index is 0. The Bertz CT molecular complexity index is 947. The SMILES string of the molecule is CN=C(NCc1ccccc1CN1CCOCC1)NCc1cc2c(cc1OC)CC(C)O2.I. The van der Waals surface area contributed by atoms with Gasteiger partial charge in [0.1, 0.15) is 17.6 Å². The number of nitrogens with zero attached hydrogens (tertiary/aromatic N) is 2. The summed E-state index contributed by atoms with van der Waals surface area (Å²) in [5.74, 6) is 2.58. The molecule has 8 heteroatoms. The molecule has 0 radical (unpaired) electrons. The van der Waals surface area contributed by atoms with Crippen molar-refractivity contribution in [2.24, 2.45) is 4.99 Å². The minimum absolute atomic E-state index is 0. The molecule has 0 amide bonds. The summed E-state index contributed by atoms with van der Waals surface area (Å²) in [7, 11) is 3.50. The van der Waals surface area contributed by atoms with Crippen LogP contribution in [-0.2, 0) is 30.8 Å². The number of rotatable bonds is 7. The number of hydrogen-bond acceptors (Lipinski definition) is 5. The van der Waals surface area contributed by atoms with Crippen LogP contribution in [0.5, 0.6) is 11.5 Å². The van der Waals surface area contributed by atoms with Crippen LogP contribution >= 0.6 is 24.0 Å². The summed E-state index contributed by atoms with van der Waals surface area (Å²) in [4.78, 5) is 6.84. The first kappa shape index (κ1) is 25.6. The topological polar surface area (TPSA) is 67.4 Å². The number of aliphatic imine (C=N–C) groups is 1. The molecule has 0 aromatic heterocycles. The van der Waals surface area contributed by atoms with E-state index < -0.39 is 0 Å². The second-order valence-electron chi connectivity index (χ2n) is 8.34. The van der Waals surface area contributed by atoms with Crippen LogP contribution in [-0.4, -0.2) is 57.4 Å². The van der Waals surface area contributed by atoms with E-state index in [1.807, 2.05) is 0 Å². The Kier molecular flexibility index (Phi) is 9.64. The van der Waals surface area contributed by atoms with E-state index in [0.29, 0.717) is 13.1 Å². The van der Waals surface area contributed by atoms with Gasteiger partial charge in [0, 0.05) is 57.3 Å². The van der Waals surface area contributed by atoms with Gasteiger partial charge in [0.15, 0.2) is 5.96 Å². The third-order valence-corrected chi connectivity index (χ3v) is 6.03. The van der Waals surface area contributed by atoms with Gasteiger partial charge in [-0.1, -0.05) is 24.3 Å². The van der Waals surface area contributed by atoms with Gasteiger partial charge in [0.05, 0.1) is 20.3 Å². The highest BCUT2D eigenvalue weighted by Gasteiger charge is 2.21. The predicted octanol–water partition coefficient (Wildman–Crippen LogP) is 3.33. The summed E-state index contributed by atoms with van der Waals surface area (Å²) in [5, 5.41) is 6.86. The van der Waals surface area contributed by atoms with Gasteiger partial charge in [0.25, 0.3) is 0 Å². The number of methoxy groups -OCH3 is 1. The lowest BCUT2D eigenvalue weighted by atomic mass is 10.1. The predicted molar refractivity (Wildman–Crippen MR) is 142 cm³/mol. The van der Waals surface area contributed by atoms with E-state index in [9.17, 15) is 0 Å². The van der Waals surface area contributed by atoms with Crippen LogP contribution in [0.15, 0.2) is 41.4 Å². The fourth-order valence-corrected chi connectivity index (χ4v) is 4.27. The fraction of sp³-hybridized carbons (Fsp3) is 0.480. The van der Waals surface area contributed by atoms with Crippen LogP contribution in [0.25, 0.3) is 0 Å². The van der Waals surface area contributed by atoms with Gasteiger partial charge in [-0.25, -0.2) is 0 Å². The molecule has 7 nitrogen and oxygen atoms in total. The Balaban J connectivity index is 0.00000306. The van der Waals surface area contributed by atoms with Crippen molar-refractivity contribution >= 4 is 29.9 Å². The second kappa shape index (κ2) is 12.4. The highest BCUT2D eigenvalue weighted by Crippen LogP contribution is 2.34. The van der Waals surface area contributed by atoms with E-state index in [1.54, 1.807) is 14.2 Å². The molecule has 0 bridgehead atoms. The summed E-state index contributed by atoms with van der Waals surface area (Å²) in [6.45, 7) is 7.93. The number of fused-ring (bicyclic) bond motifs is 1. The number of halogens is 1. The molecule has 1 fully saturated rings. The van der Waals surface area contributed by atoms with Crippen molar-refractivity contribution in [3.8, 4) is 11.5 Å². The molecule has 0 aliphatic carbocycles. The fourth-order valence-electron chi connectivity index (χ4n) is 4.27. The Morgan fingerprint density at radius 2 is 1.79 bits per heavy atom. The molecule has 4 rings (SSSR count). The van der Waals surface area contributed by atoms with Gasteiger partial charge < -0.3 is 24.8 Å². The van der Waals surface area contributed by atoms with E-state index in [1.165, 1.54) is 16.7 Å². The molecule has 0 spiro atoms. The third kappa shape index (κ3) is 6.74. The van der Waals surface area contributed by atoms with Gasteiger partial charge in [0.2, 0.25) is 0 Å². The number of benzene rings is 2. The van der Waals surface area contributed by atoms with Gasteiger partial charge >= 0.3 is 0 Å². The highest BCUT2D eigenvalue weighted by atomic mass is 127. The average Bonchev–Trinajstić information content (AvgIpc) is 3.19. The lowest BCUT2D eigenvalue weighted by Crippen LogP contribution is -2.37. The van der Waals surface area contributed by atoms with E-state index in [0.717, 1.165) is 62.3 Å². The maximum Gasteiger partial charge on any atom is 0.191 e. The van der Waals surface area contributed by atoms with Crippen LogP contribution < -0.4 is 20.1 Å². The maximum absolute atomic E-state index is 5.92. The lowest BCUT2D eigenvalue weighted by Gasteiger charge is -2.27. The van der Waals surface area contributed by atoms with Crippen molar-refractivity contribution in [3.05, 3.63) is 58.7 Å². The first-order chi connectivity index (χ1) is 15.7. The van der Waals surface area contributed by atoms with Crippen molar-refractivity contribution in [1.82, 2.24) is 15.5 Å². The summed E-state index contributed by atoms with van der Waals surface area (Å²) in [5.41, 5.74) is 4.87. The molecule has 0 saturated carbocycles. The number of nitrogens with one attached hydrogen (secondary N) is 2. The van der Waals surface area contributed by atoms with Crippen LogP contribution in [0.1, 0.15) is 29.2 Å². The van der Waals surface area contributed by atoms with Crippen LogP contribution in [0.3, 0.4) is 0 Å². The monoisotopic (exact) mass is 566 g/mol.